The summed E-state index contributed by atoms with van der Waals surface area (Å²) in [5.41, 5.74) is 2.26. The number of thioether (sulfide) groups is 1. The van der Waals surface area contributed by atoms with Crippen LogP contribution in [-0.4, -0.2) is 38.5 Å². The minimum atomic E-state index is -3.72. The highest BCUT2D eigenvalue weighted by Gasteiger charge is 2.23. The maximum atomic E-state index is 12.7. The van der Waals surface area contributed by atoms with Gasteiger partial charge in [-0.2, -0.15) is 4.31 Å². The molecule has 2 aromatic carbocycles. The number of sulfonamides is 1. The van der Waals surface area contributed by atoms with Crippen molar-refractivity contribution in [1.82, 2.24) is 9.62 Å². The third kappa shape index (κ3) is 6.07. The smallest absolute Gasteiger partial charge is 0.243 e. The first-order chi connectivity index (χ1) is 13.4. The molecule has 0 radical (unpaired) electrons. The average Bonchev–Trinajstić information content (AvgIpc) is 2.67. The van der Waals surface area contributed by atoms with E-state index < -0.39 is 10.0 Å². The molecule has 2 aromatic rings. The molecule has 0 aliphatic rings. The van der Waals surface area contributed by atoms with Crippen LogP contribution in [0.3, 0.4) is 0 Å². The molecule has 0 fully saturated rings. The molecule has 7 heteroatoms. The van der Waals surface area contributed by atoms with Crippen LogP contribution < -0.4 is 5.32 Å². The first-order valence-corrected chi connectivity index (χ1v) is 12.1. The van der Waals surface area contributed by atoms with E-state index in [1.54, 1.807) is 36.0 Å². The molecule has 0 aliphatic carbocycles. The second kappa shape index (κ2) is 9.32. The maximum Gasteiger partial charge on any atom is 0.243 e. The lowest BCUT2D eigenvalue weighted by Gasteiger charge is -2.22. The summed E-state index contributed by atoms with van der Waals surface area (Å²) >= 11 is 1.54. The first kappa shape index (κ1) is 23.4. The Kier molecular flexibility index (Phi) is 7.54. The molecular weight excluding hydrogens is 404 g/mol. The van der Waals surface area contributed by atoms with Gasteiger partial charge in [-0.25, -0.2) is 8.42 Å². The lowest BCUT2D eigenvalue weighted by atomic mass is 9.86. The van der Waals surface area contributed by atoms with Gasteiger partial charge in [0, 0.05) is 11.9 Å². The monoisotopic (exact) mass is 434 g/mol. The van der Waals surface area contributed by atoms with Gasteiger partial charge in [0.2, 0.25) is 15.9 Å². The van der Waals surface area contributed by atoms with Crippen LogP contribution in [0, 0.1) is 0 Å². The summed E-state index contributed by atoms with van der Waals surface area (Å²) in [6.07, 6.45) is 1.93. The number of rotatable bonds is 7. The highest BCUT2D eigenvalue weighted by molar-refractivity contribution is 7.98. The van der Waals surface area contributed by atoms with E-state index in [9.17, 15) is 13.2 Å². The topological polar surface area (TPSA) is 66.5 Å². The fourth-order valence-corrected chi connectivity index (χ4v) is 4.39. The van der Waals surface area contributed by atoms with Crippen LogP contribution in [0.4, 0.5) is 0 Å². The predicted octanol–water partition coefficient (Wildman–Crippen LogP) is 4.20. The number of nitrogens with zero attached hydrogens (tertiary/aromatic N) is 1. The summed E-state index contributed by atoms with van der Waals surface area (Å²) < 4.78 is 26.5. The standard InChI is InChI=1S/C22H30N2O3S2/c1-16(17-7-9-18(10-8-17)22(2,3)4)23-21(25)15-24(5)29(26,27)20-13-11-19(28-6)12-14-20/h7-14,16H,15H2,1-6H3,(H,23,25). The molecule has 158 valence electrons. The van der Waals surface area contributed by atoms with Crippen molar-refractivity contribution in [3.8, 4) is 0 Å². The number of carbonyl (C=O) groups is 1. The van der Waals surface area contributed by atoms with Crippen LogP contribution in [0.5, 0.6) is 0 Å². The second-order valence-corrected chi connectivity index (χ2v) is 11.0. The van der Waals surface area contributed by atoms with Crippen molar-refractivity contribution in [2.24, 2.45) is 0 Å². The normalized spacial score (nSPS) is 13.3. The van der Waals surface area contributed by atoms with Crippen LogP contribution in [0.15, 0.2) is 58.3 Å². The molecule has 0 heterocycles. The number of hydrogen-bond donors (Lipinski definition) is 1. The average molecular weight is 435 g/mol. The fraction of sp³-hybridized carbons (Fsp3) is 0.409. The zero-order valence-electron chi connectivity index (χ0n) is 17.9. The van der Waals surface area contributed by atoms with Gasteiger partial charge in [-0.3, -0.25) is 4.79 Å². The lowest BCUT2D eigenvalue weighted by Crippen LogP contribution is -2.39. The summed E-state index contributed by atoms with van der Waals surface area (Å²) in [6, 6.07) is 14.6. The van der Waals surface area contributed by atoms with Gasteiger partial charge in [0.1, 0.15) is 0 Å². The molecule has 0 aliphatic heterocycles. The summed E-state index contributed by atoms with van der Waals surface area (Å²) in [6.45, 7) is 8.10. The summed E-state index contributed by atoms with van der Waals surface area (Å²) in [5, 5.41) is 2.88. The summed E-state index contributed by atoms with van der Waals surface area (Å²) in [5.74, 6) is -0.343. The minimum Gasteiger partial charge on any atom is -0.348 e. The Balaban J connectivity index is 2.01. The summed E-state index contributed by atoms with van der Waals surface area (Å²) in [7, 11) is -2.30. The Morgan fingerprint density at radius 2 is 1.62 bits per heavy atom. The molecule has 1 amide bonds. The first-order valence-electron chi connectivity index (χ1n) is 9.45. The third-order valence-corrected chi connectivity index (χ3v) is 7.35. The van der Waals surface area contributed by atoms with Gasteiger partial charge in [0.25, 0.3) is 0 Å². The van der Waals surface area contributed by atoms with E-state index in [1.807, 2.05) is 25.3 Å². The SMILES string of the molecule is CSc1ccc(S(=O)(=O)N(C)CC(=O)NC(C)c2ccc(C(C)(C)C)cc2)cc1. The number of likely N-dealkylation sites (N-methyl/N-ethyl adjacent to an activating group) is 1. The molecule has 1 N–H and O–H groups in total. The molecule has 0 aromatic heterocycles. The third-order valence-electron chi connectivity index (χ3n) is 4.79. The van der Waals surface area contributed by atoms with E-state index in [2.05, 4.69) is 38.2 Å². The van der Waals surface area contributed by atoms with Crippen molar-refractivity contribution in [3.63, 3.8) is 0 Å². The van der Waals surface area contributed by atoms with E-state index in [0.717, 1.165) is 14.8 Å². The predicted molar refractivity (Wildman–Crippen MR) is 120 cm³/mol. The van der Waals surface area contributed by atoms with Gasteiger partial charge in [-0.15, -0.1) is 11.8 Å². The van der Waals surface area contributed by atoms with E-state index in [0.29, 0.717) is 0 Å². The quantitative estimate of drug-likeness (QED) is 0.663. The minimum absolute atomic E-state index is 0.0656. The van der Waals surface area contributed by atoms with Crippen molar-refractivity contribution < 1.29 is 13.2 Å². The molecule has 0 bridgehead atoms. The molecule has 5 nitrogen and oxygen atoms in total. The Morgan fingerprint density at radius 1 is 1.07 bits per heavy atom. The number of amides is 1. The van der Waals surface area contributed by atoms with E-state index in [1.165, 1.54) is 12.6 Å². The van der Waals surface area contributed by atoms with Crippen LogP contribution in [0.1, 0.15) is 44.9 Å². The van der Waals surface area contributed by atoms with Gasteiger partial charge in [0.05, 0.1) is 17.5 Å². The van der Waals surface area contributed by atoms with Gasteiger partial charge < -0.3 is 5.32 Å². The number of hydrogen-bond acceptors (Lipinski definition) is 4. The molecule has 1 atom stereocenters. The van der Waals surface area contributed by atoms with Gasteiger partial charge in [-0.1, -0.05) is 45.0 Å². The highest BCUT2D eigenvalue weighted by atomic mass is 32.2. The Bertz CT molecular complexity index is 932. The molecule has 2 rings (SSSR count). The maximum absolute atomic E-state index is 12.7. The zero-order chi connectivity index (χ0) is 21.8. The zero-order valence-corrected chi connectivity index (χ0v) is 19.5. The highest BCUT2D eigenvalue weighted by Crippen LogP contribution is 2.24. The Morgan fingerprint density at radius 3 is 2.10 bits per heavy atom. The Hall–Kier alpha value is -1.83. The van der Waals surface area contributed by atoms with Crippen molar-refractivity contribution in [2.45, 2.75) is 48.9 Å². The summed E-state index contributed by atoms with van der Waals surface area (Å²) in [4.78, 5) is 13.6. The molecular formula is C22H30N2O3S2. The molecule has 0 saturated heterocycles. The molecule has 0 spiro atoms. The largest absolute Gasteiger partial charge is 0.348 e. The number of carbonyl (C=O) groups excluding carboxylic acids is 1. The van der Waals surface area contributed by atoms with Crippen LogP contribution in [-0.2, 0) is 20.2 Å². The molecule has 29 heavy (non-hydrogen) atoms. The van der Waals surface area contributed by atoms with Gasteiger partial charge in [-0.05, 0) is 54.0 Å². The Labute approximate surface area is 178 Å². The molecule has 1 unspecified atom stereocenters. The van der Waals surface area contributed by atoms with Crippen LogP contribution in [0.25, 0.3) is 0 Å². The second-order valence-electron chi connectivity index (χ2n) is 8.10. The van der Waals surface area contributed by atoms with Crippen molar-refractivity contribution in [2.75, 3.05) is 19.8 Å². The van der Waals surface area contributed by atoms with Crippen LogP contribution >= 0.6 is 11.8 Å². The lowest BCUT2D eigenvalue weighted by molar-refractivity contribution is -0.121. The van der Waals surface area contributed by atoms with E-state index in [4.69, 9.17) is 0 Å². The van der Waals surface area contributed by atoms with Crippen molar-refractivity contribution in [1.29, 1.82) is 0 Å². The van der Waals surface area contributed by atoms with Crippen LogP contribution in [0.2, 0.25) is 0 Å². The number of benzene rings is 2. The van der Waals surface area contributed by atoms with Crippen molar-refractivity contribution in [3.05, 3.63) is 59.7 Å². The number of nitrogens with one attached hydrogen (secondary N) is 1. The van der Waals surface area contributed by atoms with Gasteiger partial charge in [0.15, 0.2) is 0 Å². The fourth-order valence-electron chi connectivity index (χ4n) is 2.86. The van der Waals surface area contributed by atoms with E-state index in [-0.39, 0.29) is 28.8 Å². The van der Waals surface area contributed by atoms with E-state index >= 15 is 0 Å². The van der Waals surface area contributed by atoms with Crippen molar-refractivity contribution >= 4 is 27.7 Å². The van der Waals surface area contributed by atoms with Gasteiger partial charge >= 0.3 is 0 Å². The molecule has 0 saturated carbocycles.